The number of nitrogens with one attached hydrogen (secondary N) is 1. The average Bonchev–Trinajstić information content (AvgIpc) is 2.97. The lowest BCUT2D eigenvalue weighted by molar-refractivity contribution is 0.0965. The van der Waals surface area contributed by atoms with Gasteiger partial charge in [-0.15, -0.1) is 11.8 Å². The van der Waals surface area contributed by atoms with Gasteiger partial charge in [-0.1, -0.05) is 31.0 Å². The van der Waals surface area contributed by atoms with Crippen molar-refractivity contribution in [2.45, 2.75) is 30.9 Å². The highest BCUT2D eigenvalue weighted by atomic mass is 32.2. The molecule has 1 fully saturated rings. The van der Waals surface area contributed by atoms with Crippen LogP contribution in [0.4, 0.5) is 0 Å². The molecule has 1 amide bonds. The lowest BCUT2D eigenvalue weighted by atomic mass is 9.84. The monoisotopic (exact) mass is 352 g/mol. The Bertz CT molecular complexity index is 986. The summed E-state index contributed by atoms with van der Waals surface area (Å²) < 4.78 is 5.22. The minimum Gasteiger partial charge on any atom is -0.422 e. The number of thioether (sulfide) groups is 1. The van der Waals surface area contributed by atoms with Crippen molar-refractivity contribution in [1.29, 1.82) is 5.26 Å². The fourth-order valence-corrected chi connectivity index (χ4v) is 5.07. The van der Waals surface area contributed by atoms with Crippen LogP contribution in [0.2, 0.25) is 0 Å². The Labute approximate surface area is 148 Å². The maximum atomic E-state index is 12.6. The number of amides is 1. The Hall–Kier alpha value is -2.52. The predicted molar refractivity (Wildman–Crippen MR) is 95.9 cm³/mol. The van der Waals surface area contributed by atoms with Crippen molar-refractivity contribution in [1.82, 2.24) is 5.32 Å². The van der Waals surface area contributed by atoms with E-state index in [1.807, 2.05) is 6.07 Å². The van der Waals surface area contributed by atoms with Crippen LogP contribution in [0.5, 0.6) is 0 Å². The van der Waals surface area contributed by atoms with Gasteiger partial charge in [0.1, 0.15) is 11.1 Å². The van der Waals surface area contributed by atoms with E-state index < -0.39 is 11.5 Å². The second kappa shape index (κ2) is 6.41. The van der Waals surface area contributed by atoms with Crippen LogP contribution < -0.4 is 10.9 Å². The molecule has 5 nitrogen and oxygen atoms in total. The number of fused-ring (bicyclic) bond motifs is 2. The highest BCUT2D eigenvalue weighted by Gasteiger charge is 2.38. The van der Waals surface area contributed by atoms with Crippen LogP contribution in [0.15, 0.2) is 50.1 Å². The molecular weight excluding hydrogens is 336 g/mol. The van der Waals surface area contributed by atoms with Crippen LogP contribution in [0.3, 0.4) is 0 Å². The molecule has 0 bridgehead atoms. The average molecular weight is 352 g/mol. The van der Waals surface area contributed by atoms with Crippen LogP contribution in [0, 0.1) is 17.2 Å². The van der Waals surface area contributed by atoms with Crippen molar-refractivity contribution in [3.05, 3.63) is 56.9 Å². The zero-order valence-corrected chi connectivity index (χ0v) is 14.3. The number of carbonyl (C=O) groups excluding carboxylic acids is 1. The fraction of sp³-hybridized carbons (Fsp3) is 0.316. The maximum Gasteiger partial charge on any atom is 0.349 e. The van der Waals surface area contributed by atoms with Gasteiger partial charge in [0.05, 0.1) is 16.7 Å². The van der Waals surface area contributed by atoms with Crippen molar-refractivity contribution in [3.63, 3.8) is 0 Å². The Balaban J connectivity index is 1.65. The molecule has 1 aliphatic carbocycles. The van der Waals surface area contributed by atoms with Gasteiger partial charge in [0, 0.05) is 16.6 Å². The maximum absolute atomic E-state index is 12.6. The Morgan fingerprint density at radius 3 is 2.92 bits per heavy atom. The molecule has 126 valence electrons. The van der Waals surface area contributed by atoms with Crippen LogP contribution in [0.25, 0.3) is 11.0 Å². The van der Waals surface area contributed by atoms with E-state index in [2.05, 4.69) is 11.4 Å². The SMILES string of the molecule is N#CC1=C(NC(=O)c2cc3ccccc3oc2=O)S[C@@H]2CCCC[C@H]12. The molecule has 1 N–H and O–H groups in total. The van der Waals surface area contributed by atoms with Gasteiger partial charge < -0.3 is 9.73 Å². The topological polar surface area (TPSA) is 83.1 Å². The molecule has 0 spiro atoms. The van der Waals surface area contributed by atoms with Gasteiger partial charge >= 0.3 is 5.63 Å². The van der Waals surface area contributed by atoms with Crippen LogP contribution in [-0.4, -0.2) is 11.2 Å². The molecule has 2 aliphatic rings. The predicted octanol–water partition coefficient (Wildman–Crippen LogP) is 3.56. The van der Waals surface area contributed by atoms with Crippen LogP contribution >= 0.6 is 11.8 Å². The third-order valence-corrected chi connectivity index (χ3v) is 6.25. The second-order valence-electron chi connectivity index (χ2n) is 6.34. The van der Waals surface area contributed by atoms with E-state index >= 15 is 0 Å². The van der Waals surface area contributed by atoms with Crippen LogP contribution in [-0.2, 0) is 0 Å². The van der Waals surface area contributed by atoms with E-state index in [4.69, 9.17) is 4.42 Å². The standard InChI is InChI=1S/C19H16N2O3S/c20-10-14-12-6-2-4-8-16(12)25-18(14)21-17(22)13-9-11-5-1-3-7-15(11)24-19(13)23/h1,3,5,7,9,12,16H,2,4,6,8H2,(H,21,22)/t12-,16-/m1/s1. The smallest absolute Gasteiger partial charge is 0.349 e. The summed E-state index contributed by atoms with van der Waals surface area (Å²) in [7, 11) is 0. The summed E-state index contributed by atoms with van der Waals surface area (Å²) in [5, 5.41) is 13.9. The molecule has 1 aromatic carbocycles. The first-order valence-electron chi connectivity index (χ1n) is 8.32. The third kappa shape index (κ3) is 2.85. The Kier molecular flexibility index (Phi) is 4.10. The lowest BCUT2D eigenvalue weighted by Gasteiger charge is -2.24. The van der Waals surface area contributed by atoms with E-state index in [1.54, 1.807) is 30.0 Å². The van der Waals surface area contributed by atoms with E-state index in [1.165, 1.54) is 6.07 Å². The second-order valence-corrected chi connectivity index (χ2v) is 7.59. The molecule has 25 heavy (non-hydrogen) atoms. The van der Waals surface area contributed by atoms with E-state index in [0.29, 0.717) is 26.8 Å². The minimum absolute atomic E-state index is 0.0426. The van der Waals surface area contributed by atoms with Crippen molar-refractivity contribution < 1.29 is 9.21 Å². The summed E-state index contributed by atoms with van der Waals surface area (Å²) in [6.07, 6.45) is 4.31. The molecule has 1 saturated carbocycles. The number of nitriles is 1. The van der Waals surface area contributed by atoms with Gasteiger partial charge in [0.25, 0.3) is 5.91 Å². The summed E-state index contributed by atoms with van der Waals surface area (Å²) in [4.78, 5) is 24.7. The highest BCUT2D eigenvalue weighted by Crippen LogP contribution is 2.47. The molecule has 1 aromatic heterocycles. The fourth-order valence-electron chi connectivity index (χ4n) is 3.57. The quantitative estimate of drug-likeness (QED) is 0.836. The number of hydrogen-bond donors (Lipinski definition) is 1. The van der Waals surface area contributed by atoms with Gasteiger partial charge in [-0.2, -0.15) is 5.26 Å². The van der Waals surface area contributed by atoms with Crippen molar-refractivity contribution in [2.75, 3.05) is 0 Å². The summed E-state index contributed by atoms with van der Waals surface area (Å²) in [6.45, 7) is 0. The zero-order valence-electron chi connectivity index (χ0n) is 13.5. The molecule has 0 saturated heterocycles. The summed E-state index contributed by atoms with van der Waals surface area (Å²) in [5.41, 5.74) is 0.380. The van der Waals surface area contributed by atoms with Gasteiger partial charge in [-0.25, -0.2) is 4.79 Å². The highest BCUT2D eigenvalue weighted by molar-refractivity contribution is 8.04. The largest absolute Gasteiger partial charge is 0.422 e. The van der Waals surface area contributed by atoms with Crippen LogP contribution in [0.1, 0.15) is 36.0 Å². The lowest BCUT2D eigenvalue weighted by Crippen LogP contribution is -2.27. The van der Waals surface area contributed by atoms with Gasteiger partial charge in [-0.05, 0) is 25.0 Å². The molecule has 2 aromatic rings. The van der Waals surface area contributed by atoms with Crippen molar-refractivity contribution in [3.8, 4) is 6.07 Å². The first kappa shape index (κ1) is 16.0. The number of benzene rings is 1. The molecule has 6 heteroatoms. The third-order valence-electron chi connectivity index (χ3n) is 4.82. The number of carbonyl (C=O) groups is 1. The van der Waals surface area contributed by atoms with E-state index in [9.17, 15) is 14.9 Å². The van der Waals surface area contributed by atoms with E-state index in [0.717, 1.165) is 25.7 Å². The number of allylic oxidation sites excluding steroid dienone is 1. The number of hydrogen-bond acceptors (Lipinski definition) is 5. The molecule has 1 aliphatic heterocycles. The Morgan fingerprint density at radius 2 is 2.08 bits per heavy atom. The molecule has 4 rings (SSSR count). The van der Waals surface area contributed by atoms with Gasteiger partial charge in [0.2, 0.25) is 0 Å². The summed E-state index contributed by atoms with van der Waals surface area (Å²) in [5.74, 6) is -0.305. The van der Waals surface area contributed by atoms with Crippen molar-refractivity contribution in [2.24, 2.45) is 5.92 Å². The Morgan fingerprint density at radius 1 is 1.28 bits per heavy atom. The van der Waals surface area contributed by atoms with Gasteiger partial charge in [-0.3, -0.25) is 4.79 Å². The van der Waals surface area contributed by atoms with Crippen molar-refractivity contribution >= 4 is 28.6 Å². The van der Waals surface area contributed by atoms with Gasteiger partial charge in [0.15, 0.2) is 0 Å². The molecular formula is C19H16N2O3S. The molecule has 2 heterocycles. The van der Waals surface area contributed by atoms with E-state index in [-0.39, 0.29) is 11.5 Å². The number of rotatable bonds is 2. The number of para-hydroxylation sites is 1. The first-order valence-corrected chi connectivity index (χ1v) is 9.20. The zero-order chi connectivity index (χ0) is 17.4. The molecule has 0 radical (unpaired) electrons. The summed E-state index contributed by atoms with van der Waals surface area (Å²) in [6, 6.07) is 10.9. The molecule has 2 atom stereocenters. The first-order chi connectivity index (χ1) is 12.2. The molecule has 0 unspecified atom stereocenters. The normalized spacial score (nSPS) is 22.5. The summed E-state index contributed by atoms with van der Waals surface area (Å²) >= 11 is 1.55. The minimum atomic E-state index is -0.671. The number of nitrogens with zero attached hydrogens (tertiary/aromatic N) is 1.